The Balaban J connectivity index is 2.03. The zero-order valence-electron chi connectivity index (χ0n) is 11.9. The standard InChI is InChI=1S/C16H18BrNO3/c1-2-18(7-8-19)16(20)11-21-15-6-4-12-9-14(17)5-3-13(12)10-15/h3-6,9-10,19H,2,7-8,11H2,1H3. The first-order valence-electron chi connectivity index (χ1n) is 6.84. The molecule has 0 aliphatic carbocycles. The second-order valence-corrected chi connectivity index (χ2v) is 5.55. The van der Waals surface area contributed by atoms with Crippen LogP contribution in [0.4, 0.5) is 0 Å². The summed E-state index contributed by atoms with van der Waals surface area (Å²) in [7, 11) is 0. The number of benzene rings is 2. The van der Waals surface area contributed by atoms with E-state index in [9.17, 15) is 4.79 Å². The number of aliphatic hydroxyl groups is 1. The van der Waals surface area contributed by atoms with Gasteiger partial charge in [-0.1, -0.05) is 28.1 Å². The number of carbonyl (C=O) groups excluding carboxylic acids is 1. The molecule has 1 amide bonds. The van der Waals surface area contributed by atoms with E-state index in [0.717, 1.165) is 15.2 Å². The van der Waals surface area contributed by atoms with Gasteiger partial charge in [-0.15, -0.1) is 0 Å². The van der Waals surface area contributed by atoms with Crippen LogP contribution in [0.3, 0.4) is 0 Å². The van der Waals surface area contributed by atoms with Crippen molar-refractivity contribution in [1.82, 2.24) is 4.90 Å². The van der Waals surface area contributed by atoms with E-state index in [1.807, 2.05) is 43.3 Å². The molecule has 2 aromatic rings. The number of fused-ring (bicyclic) bond motifs is 1. The summed E-state index contributed by atoms with van der Waals surface area (Å²) in [6.07, 6.45) is 0. The molecule has 21 heavy (non-hydrogen) atoms. The molecule has 112 valence electrons. The fraction of sp³-hybridized carbons (Fsp3) is 0.312. The molecule has 0 heterocycles. The van der Waals surface area contributed by atoms with Crippen molar-refractivity contribution in [2.45, 2.75) is 6.92 Å². The highest BCUT2D eigenvalue weighted by Gasteiger charge is 2.11. The average molecular weight is 352 g/mol. The van der Waals surface area contributed by atoms with Crippen molar-refractivity contribution in [2.24, 2.45) is 0 Å². The van der Waals surface area contributed by atoms with Crippen LogP contribution in [0.15, 0.2) is 40.9 Å². The highest BCUT2D eigenvalue weighted by Crippen LogP contribution is 2.24. The van der Waals surface area contributed by atoms with E-state index in [0.29, 0.717) is 18.8 Å². The van der Waals surface area contributed by atoms with Crippen molar-refractivity contribution in [3.8, 4) is 5.75 Å². The largest absolute Gasteiger partial charge is 0.484 e. The molecule has 2 aromatic carbocycles. The first kappa shape index (κ1) is 15.8. The Morgan fingerprint density at radius 2 is 1.95 bits per heavy atom. The molecule has 4 nitrogen and oxygen atoms in total. The monoisotopic (exact) mass is 351 g/mol. The van der Waals surface area contributed by atoms with E-state index in [4.69, 9.17) is 9.84 Å². The van der Waals surface area contributed by atoms with Crippen molar-refractivity contribution in [1.29, 1.82) is 0 Å². The number of nitrogens with zero attached hydrogens (tertiary/aromatic N) is 1. The molecule has 0 aromatic heterocycles. The minimum Gasteiger partial charge on any atom is -0.484 e. The maximum Gasteiger partial charge on any atom is 0.260 e. The number of rotatable bonds is 6. The Labute approximate surface area is 132 Å². The van der Waals surface area contributed by atoms with Crippen LogP contribution in [-0.4, -0.2) is 42.2 Å². The molecule has 1 N–H and O–H groups in total. The molecule has 0 bridgehead atoms. The smallest absolute Gasteiger partial charge is 0.260 e. The van der Waals surface area contributed by atoms with Gasteiger partial charge >= 0.3 is 0 Å². The average Bonchev–Trinajstić information content (AvgIpc) is 2.50. The second kappa shape index (κ2) is 7.43. The number of ether oxygens (including phenoxy) is 1. The Morgan fingerprint density at radius 1 is 1.24 bits per heavy atom. The number of amides is 1. The fourth-order valence-corrected chi connectivity index (χ4v) is 2.48. The number of halogens is 1. The van der Waals surface area contributed by atoms with Gasteiger partial charge in [0.15, 0.2) is 6.61 Å². The number of hydrogen-bond donors (Lipinski definition) is 1. The van der Waals surface area contributed by atoms with Gasteiger partial charge in [0.05, 0.1) is 6.61 Å². The van der Waals surface area contributed by atoms with Crippen molar-refractivity contribution in [2.75, 3.05) is 26.3 Å². The molecule has 5 heteroatoms. The Morgan fingerprint density at radius 3 is 2.67 bits per heavy atom. The maximum absolute atomic E-state index is 11.9. The van der Waals surface area contributed by atoms with Crippen molar-refractivity contribution in [3.05, 3.63) is 40.9 Å². The lowest BCUT2D eigenvalue weighted by Gasteiger charge is -2.19. The van der Waals surface area contributed by atoms with Crippen LogP contribution >= 0.6 is 15.9 Å². The summed E-state index contributed by atoms with van der Waals surface area (Å²) in [6, 6.07) is 11.7. The van der Waals surface area contributed by atoms with E-state index in [1.54, 1.807) is 4.90 Å². The van der Waals surface area contributed by atoms with Crippen LogP contribution in [0.25, 0.3) is 10.8 Å². The molecular weight excluding hydrogens is 334 g/mol. The van der Waals surface area contributed by atoms with Gasteiger partial charge in [0.2, 0.25) is 0 Å². The SMILES string of the molecule is CCN(CCO)C(=O)COc1ccc2cc(Br)ccc2c1. The third-order valence-electron chi connectivity index (χ3n) is 3.24. The van der Waals surface area contributed by atoms with Gasteiger partial charge in [-0.3, -0.25) is 4.79 Å². The second-order valence-electron chi connectivity index (χ2n) is 4.64. The fourth-order valence-electron chi connectivity index (χ4n) is 2.10. The van der Waals surface area contributed by atoms with E-state index >= 15 is 0 Å². The molecule has 0 saturated heterocycles. The summed E-state index contributed by atoms with van der Waals surface area (Å²) in [6.45, 7) is 2.72. The number of likely N-dealkylation sites (N-methyl/N-ethyl adjacent to an activating group) is 1. The van der Waals surface area contributed by atoms with Crippen LogP contribution in [-0.2, 0) is 4.79 Å². The van der Waals surface area contributed by atoms with Gasteiger partial charge in [0.25, 0.3) is 5.91 Å². The molecule has 0 spiro atoms. The molecule has 0 aliphatic rings. The lowest BCUT2D eigenvalue weighted by molar-refractivity contribution is -0.133. The molecule has 0 fully saturated rings. The van der Waals surface area contributed by atoms with Gasteiger partial charge in [-0.05, 0) is 42.0 Å². The van der Waals surface area contributed by atoms with Gasteiger partial charge in [-0.2, -0.15) is 0 Å². The van der Waals surface area contributed by atoms with E-state index in [-0.39, 0.29) is 19.1 Å². The van der Waals surface area contributed by atoms with Gasteiger partial charge in [-0.25, -0.2) is 0 Å². The minimum absolute atomic E-state index is 0.0180. The zero-order chi connectivity index (χ0) is 15.2. The third-order valence-corrected chi connectivity index (χ3v) is 3.73. The van der Waals surface area contributed by atoms with Crippen molar-refractivity contribution < 1.29 is 14.6 Å². The highest BCUT2D eigenvalue weighted by molar-refractivity contribution is 9.10. The minimum atomic E-state index is -0.123. The topological polar surface area (TPSA) is 49.8 Å². The summed E-state index contributed by atoms with van der Waals surface area (Å²) >= 11 is 3.44. The Kier molecular flexibility index (Phi) is 5.59. The first-order chi connectivity index (χ1) is 10.1. The molecule has 0 radical (unpaired) electrons. The highest BCUT2D eigenvalue weighted by atomic mass is 79.9. The summed E-state index contributed by atoms with van der Waals surface area (Å²) in [5, 5.41) is 11.1. The summed E-state index contributed by atoms with van der Waals surface area (Å²) < 4.78 is 6.58. The van der Waals surface area contributed by atoms with Gasteiger partial charge in [0, 0.05) is 17.6 Å². The maximum atomic E-state index is 11.9. The lowest BCUT2D eigenvalue weighted by Crippen LogP contribution is -2.36. The normalized spacial score (nSPS) is 10.6. The summed E-state index contributed by atoms with van der Waals surface area (Å²) in [5.41, 5.74) is 0. The van der Waals surface area contributed by atoms with Crippen LogP contribution in [0.2, 0.25) is 0 Å². The summed E-state index contributed by atoms with van der Waals surface area (Å²) in [5.74, 6) is 0.542. The molecule has 2 rings (SSSR count). The van der Waals surface area contributed by atoms with Crippen LogP contribution in [0.5, 0.6) is 5.75 Å². The molecule has 0 aliphatic heterocycles. The van der Waals surface area contributed by atoms with Crippen LogP contribution < -0.4 is 4.74 Å². The third kappa shape index (κ3) is 4.19. The number of aliphatic hydroxyl groups excluding tert-OH is 1. The predicted molar refractivity (Wildman–Crippen MR) is 86.5 cm³/mol. The van der Waals surface area contributed by atoms with Gasteiger partial charge in [0.1, 0.15) is 5.75 Å². The molecule has 0 atom stereocenters. The van der Waals surface area contributed by atoms with Crippen LogP contribution in [0.1, 0.15) is 6.92 Å². The first-order valence-corrected chi connectivity index (χ1v) is 7.64. The number of carbonyl (C=O) groups is 1. The van der Waals surface area contributed by atoms with E-state index in [1.165, 1.54) is 0 Å². The van der Waals surface area contributed by atoms with Gasteiger partial charge < -0.3 is 14.7 Å². The van der Waals surface area contributed by atoms with Crippen molar-refractivity contribution >= 4 is 32.6 Å². The Bertz CT molecular complexity index is 630. The molecular formula is C16H18BrNO3. The quantitative estimate of drug-likeness (QED) is 0.870. The lowest BCUT2D eigenvalue weighted by atomic mass is 10.1. The van der Waals surface area contributed by atoms with Crippen molar-refractivity contribution in [3.63, 3.8) is 0 Å². The predicted octanol–water partition coefficient (Wildman–Crippen LogP) is 2.82. The van der Waals surface area contributed by atoms with E-state index in [2.05, 4.69) is 15.9 Å². The molecule has 0 unspecified atom stereocenters. The summed E-state index contributed by atoms with van der Waals surface area (Å²) in [4.78, 5) is 13.5. The zero-order valence-corrected chi connectivity index (χ0v) is 13.5. The van der Waals surface area contributed by atoms with Crippen LogP contribution in [0, 0.1) is 0 Å². The Hall–Kier alpha value is -1.59. The van der Waals surface area contributed by atoms with E-state index < -0.39 is 0 Å². The molecule has 0 saturated carbocycles. The number of hydrogen-bond acceptors (Lipinski definition) is 3.